The van der Waals surface area contributed by atoms with Crippen molar-refractivity contribution in [3.63, 3.8) is 0 Å². The Morgan fingerprint density at radius 2 is 1.44 bits per heavy atom. The number of hydrogen-bond donors (Lipinski definition) is 1. The summed E-state index contributed by atoms with van der Waals surface area (Å²) < 4.78 is 0. The van der Waals surface area contributed by atoms with Gasteiger partial charge >= 0.3 is 0 Å². The van der Waals surface area contributed by atoms with Crippen LogP contribution in [0.5, 0.6) is 0 Å². The van der Waals surface area contributed by atoms with Gasteiger partial charge in [-0.2, -0.15) is 0 Å². The molecule has 0 bridgehead atoms. The van der Waals surface area contributed by atoms with E-state index < -0.39 is 31.8 Å². The maximum absolute atomic E-state index is 10.9. The van der Waals surface area contributed by atoms with Crippen LogP contribution in [-0.4, -0.2) is 35.1 Å². The van der Waals surface area contributed by atoms with Gasteiger partial charge in [0.1, 0.15) is 16.1 Å². The predicted molar refractivity (Wildman–Crippen MR) is 112 cm³/mol. The molecule has 1 N–H and O–H groups in total. The van der Waals surface area contributed by atoms with Gasteiger partial charge in [-0.25, -0.2) is 0 Å². The fourth-order valence-corrected chi connectivity index (χ4v) is 2.85. The summed E-state index contributed by atoms with van der Waals surface area (Å²) in [7, 11) is 0. The average molecular weight is 459 g/mol. The van der Waals surface area contributed by atoms with Crippen LogP contribution in [0.1, 0.15) is 0 Å². The molecule has 0 spiro atoms. The second-order valence-electron chi connectivity index (χ2n) is 6.14. The summed E-state index contributed by atoms with van der Waals surface area (Å²) in [6.45, 7) is 0. The van der Waals surface area contributed by atoms with E-state index in [2.05, 4.69) is 10.3 Å². The lowest BCUT2D eigenvalue weighted by Crippen LogP contribution is -1.94. The summed E-state index contributed by atoms with van der Waals surface area (Å²) in [5.74, 6) is 0. The van der Waals surface area contributed by atoms with Crippen molar-refractivity contribution in [1.82, 2.24) is 15.2 Å². The van der Waals surface area contributed by atoms with E-state index in [0.29, 0.717) is 11.0 Å². The standard InChI is InChI=1S/C12H6ClN3O6.C6H5N3O/c13-11-2-1-7(5-12(11)16(21)22)8-3-9(14(17)18)6-10(4-8)15(19)20;10-9-6-4-2-1-3-5(6)7-8-9/h1-6H;1-4,10H. The van der Waals surface area contributed by atoms with Crippen molar-refractivity contribution in [2.75, 3.05) is 0 Å². The van der Waals surface area contributed by atoms with Crippen LogP contribution in [0.2, 0.25) is 5.02 Å². The van der Waals surface area contributed by atoms with E-state index in [9.17, 15) is 30.3 Å². The number of nitro groups is 3. The Morgan fingerprint density at radius 1 is 0.812 bits per heavy atom. The van der Waals surface area contributed by atoms with Crippen LogP contribution >= 0.6 is 11.6 Å². The third-order valence-corrected chi connectivity index (χ3v) is 4.45. The topological polar surface area (TPSA) is 180 Å². The maximum atomic E-state index is 10.9. The lowest BCUT2D eigenvalue weighted by Gasteiger charge is -2.03. The number of para-hydroxylation sites is 1. The summed E-state index contributed by atoms with van der Waals surface area (Å²) in [5.41, 5.74) is 0.285. The summed E-state index contributed by atoms with van der Waals surface area (Å²) in [4.78, 5) is 31.0. The summed E-state index contributed by atoms with van der Waals surface area (Å²) >= 11 is 5.68. The van der Waals surface area contributed by atoms with Crippen molar-refractivity contribution in [3.8, 4) is 11.1 Å². The highest BCUT2D eigenvalue weighted by molar-refractivity contribution is 6.32. The molecule has 13 nitrogen and oxygen atoms in total. The molecule has 0 fully saturated rings. The number of benzene rings is 3. The van der Waals surface area contributed by atoms with Crippen LogP contribution in [0.15, 0.2) is 60.7 Å². The largest absolute Gasteiger partial charge is 0.410 e. The average Bonchev–Trinajstić information content (AvgIpc) is 3.15. The number of hydrogen-bond acceptors (Lipinski definition) is 9. The summed E-state index contributed by atoms with van der Waals surface area (Å²) in [6, 6.07) is 13.9. The van der Waals surface area contributed by atoms with Crippen molar-refractivity contribution in [2.45, 2.75) is 0 Å². The molecule has 0 aliphatic heterocycles. The van der Waals surface area contributed by atoms with Gasteiger partial charge in [-0.1, -0.05) is 34.6 Å². The van der Waals surface area contributed by atoms with Crippen LogP contribution in [0.25, 0.3) is 22.2 Å². The molecule has 0 saturated carbocycles. The van der Waals surface area contributed by atoms with Crippen LogP contribution in [-0.2, 0) is 0 Å². The zero-order chi connectivity index (χ0) is 23.4. The van der Waals surface area contributed by atoms with Crippen molar-refractivity contribution in [1.29, 1.82) is 0 Å². The Kier molecular flexibility index (Phi) is 6.21. The van der Waals surface area contributed by atoms with Crippen molar-refractivity contribution >= 4 is 39.7 Å². The number of non-ortho nitro benzene ring substituents is 2. The molecular formula is C18H11ClN6O7. The maximum Gasteiger partial charge on any atom is 0.288 e. The first-order valence-corrected chi connectivity index (χ1v) is 8.93. The molecule has 0 unspecified atom stereocenters. The molecule has 1 heterocycles. The van der Waals surface area contributed by atoms with E-state index in [4.69, 9.17) is 16.8 Å². The number of aromatic nitrogens is 3. The molecule has 0 radical (unpaired) electrons. The highest BCUT2D eigenvalue weighted by atomic mass is 35.5. The van der Waals surface area contributed by atoms with Gasteiger partial charge in [0, 0.05) is 18.2 Å². The minimum Gasteiger partial charge on any atom is -0.410 e. The minimum absolute atomic E-state index is 0.103. The number of nitrogens with zero attached hydrogens (tertiary/aromatic N) is 6. The molecule has 3 aromatic carbocycles. The molecule has 32 heavy (non-hydrogen) atoms. The first-order valence-electron chi connectivity index (χ1n) is 8.55. The number of halogens is 1. The predicted octanol–water partition coefficient (Wildman–Crippen LogP) is 4.40. The van der Waals surface area contributed by atoms with Gasteiger partial charge in [0.05, 0.1) is 20.8 Å². The molecule has 0 aliphatic carbocycles. The molecule has 14 heteroatoms. The highest BCUT2D eigenvalue weighted by Crippen LogP contribution is 2.34. The molecule has 4 rings (SSSR count). The first kappa shape index (κ1) is 22.0. The van der Waals surface area contributed by atoms with Gasteiger partial charge in [0.2, 0.25) is 0 Å². The van der Waals surface area contributed by atoms with E-state index in [1.807, 2.05) is 12.1 Å². The summed E-state index contributed by atoms with van der Waals surface area (Å²) in [5, 5.41) is 48.5. The molecule has 0 atom stereocenters. The Hall–Kier alpha value is -4.65. The molecular weight excluding hydrogens is 448 g/mol. The normalized spacial score (nSPS) is 10.3. The van der Waals surface area contributed by atoms with E-state index in [1.165, 1.54) is 12.1 Å². The van der Waals surface area contributed by atoms with E-state index >= 15 is 0 Å². The second-order valence-corrected chi connectivity index (χ2v) is 6.55. The fraction of sp³-hybridized carbons (Fsp3) is 0. The fourth-order valence-electron chi connectivity index (χ4n) is 2.66. The van der Waals surface area contributed by atoms with E-state index in [1.54, 1.807) is 12.1 Å². The number of fused-ring (bicyclic) bond motifs is 1. The Balaban J connectivity index is 0.000000238. The molecule has 4 aromatic rings. The van der Waals surface area contributed by atoms with Crippen molar-refractivity contribution < 1.29 is 20.0 Å². The SMILES string of the molecule is O=[N+]([O-])c1cc(-c2ccc(Cl)c([N+](=O)[O-])c2)cc([N+](=O)[O-])c1.On1nnc2ccccc21. The van der Waals surface area contributed by atoms with Crippen LogP contribution in [0.4, 0.5) is 17.1 Å². The third kappa shape index (κ3) is 4.73. The number of rotatable bonds is 4. The van der Waals surface area contributed by atoms with Crippen LogP contribution < -0.4 is 0 Å². The third-order valence-electron chi connectivity index (χ3n) is 4.13. The van der Waals surface area contributed by atoms with E-state index in [-0.39, 0.29) is 16.1 Å². The van der Waals surface area contributed by atoms with Crippen molar-refractivity contribution in [3.05, 3.63) is 96.0 Å². The van der Waals surface area contributed by atoms with Gasteiger partial charge in [0.25, 0.3) is 17.1 Å². The van der Waals surface area contributed by atoms with Gasteiger partial charge in [-0.3, -0.25) is 30.3 Å². The first-order chi connectivity index (χ1) is 15.2. The Labute approximate surface area is 182 Å². The summed E-state index contributed by atoms with van der Waals surface area (Å²) in [6.07, 6.45) is 0. The van der Waals surface area contributed by atoms with Gasteiger partial charge in [-0.15, -0.1) is 5.10 Å². The molecule has 0 amide bonds. The van der Waals surface area contributed by atoms with E-state index in [0.717, 1.165) is 29.1 Å². The highest BCUT2D eigenvalue weighted by Gasteiger charge is 2.19. The zero-order valence-corrected chi connectivity index (χ0v) is 16.5. The lowest BCUT2D eigenvalue weighted by molar-refractivity contribution is -0.394. The van der Waals surface area contributed by atoms with Crippen LogP contribution in [0.3, 0.4) is 0 Å². The molecule has 0 saturated heterocycles. The number of nitro benzene ring substituents is 3. The Morgan fingerprint density at radius 3 is 2.00 bits per heavy atom. The smallest absolute Gasteiger partial charge is 0.288 e. The zero-order valence-electron chi connectivity index (χ0n) is 15.7. The molecule has 162 valence electrons. The Bertz CT molecular complexity index is 1320. The van der Waals surface area contributed by atoms with Gasteiger partial charge < -0.3 is 5.21 Å². The quantitative estimate of drug-likeness (QED) is 0.263. The monoisotopic (exact) mass is 458 g/mol. The lowest BCUT2D eigenvalue weighted by atomic mass is 10.0. The van der Waals surface area contributed by atoms with Gasteiger partial charge in [-0.05, 0) is 34.5 Å². The minimum atomic E-state index is -0.777. The second kappa shape index (κ2) is 9.01. The molecule has 0 aliphatic rings. The van der Waals surface area contributed by atoms with Crippen molar-refractivity contribution in [2.24, 2.45) is 0 Å². The molecule has 1 aromatic heterocycles. The van der Waals surface area contributed by atoms with Crippen LogP contribution in [0, 0.1) is 30.3 Å². The van der Waals surface area contributed by atoms with Gasteiger partial charge in [0.15, 0.2) is 0 Å².